The van der Waals surface area contributed by atoms with Crippen LogP contribution < -0.4 is 0 Å². The SMILES string of the molecule is CCCCCCCC[B-](C)(CCCCCCCC)CCCCCCCC.[Cu+]. The zero-order valence-electron chi connectivity index (χ0n) is 19.7. The minimum atomic E-state index is -0.0782. The van der Waals surface area contributed by atoms with E-state index in [9.17, 15) is 0 Å². The monoisotopic (exact) mass is 428 g/mol. The van der Waals surface area contributed by atoms with Crippen molar-refractivity contribution in [3.8, 4) is 0 Å². The summed E-state index contributed by atoms with van der Waals surface area (Å²) in [5, 5.41) is 0. The van der Waals surface area contributed by atoms with E-state index >= 15 is 0 Å². The third kappa shape index (κ3) is 21.1. The second kappa shape index (κ2) is 22.9. The van der Waals surface area contributed by atoms with E-state index in [2.05, 4.69) is 27.6 Å². The van der Waals surface area contributed by atoms with Gasteiger partial charge in [-0.2, -0.15) is 25.8 Å². The van der Waals surface area contributed by atoms with Gasteiger partial charge in [0.1, 0.15) is 0 Å². The first-order valence-corrected chi connectivity index (χ1v) is 12.9. The van der Waals surface area contributed by atoms with Crippen molar-refractivity contribution < 1.29 is 17.1 Å². The molecule has 0 saturated carbocycles. The van der Waals surface area contributed by atoms with Crippen LogP contribution in [-0.4, -0.2) is 6.15 Å². The fourth-order valence-electron chi connectivity index (χ4n) is 4.69. The Morgan fingerprint density at radius 2 is 0.593 bits per heavy atom. The molecular formula is C25H54BCu. The van der Waals surface area contributed by atoms with E-state index < -0.39 is 0 Å². The van der Waals surface area contributed by atoms with E-state index in [1.807, 2.05) is 0 Å². The Hall–Kier alpha value is 0.584. The van der Waals surface area contributed by atoms with Crippen LogP contribution in [0.1, 0.15) is 136 Å². The smallest absolute Gasteiger partial charge is 0.190 e. The summed E-state index contributed by atoms with van der Waals surface area (Å²) >= 11 is 0. The van der Waals surface area contributed by atoms with Crippen LogP contribution in [0.4, 0.5) is 0 Å². The Labute approximate surface area is 185 Å². The molecule has 2 heteroatoms. The molecule has 0 amide bonds. The Kier molecular flexibility index (Phi) is 25.2. The van der Waals surface area contributed by atoms with Gasteiger partial charge in [-0.15, -0.1) is 0 Å². The molecule has 0 bridgehead atoms. The molecule has 168 valence electrons. The predicted molar refractivity (Wildman–Crippen MR) is 126 cm³/mol. The van der Waals surface area contributed by atoms with Gasteiger partial charge in [0.15, 0.2) is 0 Å². The van der Waals surface area contributed by atoms with Crippen LogP contribution in [0.5, 0.6) is 0 Å². The molecule has 0 saturated heterocycles. The molecule has 0 rings (SSSR count). The summed E-state index contributed by atoms with van der Waals surface area (Å²) < 4.78 is 0. The molecule has 0 aliphatic heterocycles. The van der Waals surface area contributed by atoms with Crippen molar-refractivity contribution in [2.75, 3.05) is 0 Å². The first kappa shape index (κ1) is 29.8. The molecule has 0 nitrogen and oxygen atoms in total. The number of hydrogen-bond acceptors (Lipinski definition) is 0. The summed E-state index contributed by atoms with van der Waals surface area (Å²) in [7, 11) is 0. The predicted octanol–water partition coefficient (Wildman–Crippen LogP) is 10.1. The van der Waals surface area contributed by atoms with Crippen LogP contribution >= 0.6 is 0 Å². The van der Waals surface area contributed by atoms with E-state index in [-0.39, 0.29) is 23.2 Å². The number of unbranched alkanes of at least 4 members (excludes halogenated alkanes) is 15. The Balaban J connectivity index is 0. The van der Waals surface area contributed by atoms with Gasteiger partial charge in [0.2, 0.25) is 0 Å². The van der Waals surface area contributed by atoms with Crippen molar-refractivity contribution in [3.63, 3.8) is 0 Å². The summed E-state index contributed by atoms with van der Waals surface area (Å²) in [6.45, 7) is 9.65. The standard InChI is InChI=1S/C25H54B.Cu/c1-5-8-11-14-17-20-23-26(4,24-21-18-15-12-9-6-2)25-22-19-16-13-10-7-3;/h5-25H2,1-4H3;/q-1;+1. The average molecular weight is 429 g/mol. The molecule has 0 heterocycles. The van der Waals surface area contributed by atoms with Gasteiger partial charge in [-0.25, -0.2) is 0 Å². The van der Waals surface area contributed by atoms with E-state index in [0.717, 1.165) is 0 Å². The summed E-state index contributed by atoms with van der Waals surface area (Å²) in [5.74, 6) is 0. The van der Waals surface area contributed by atoms with Crippen LogP contribution in [0, 0.1) is 0 Å². The minimum absolute atomic E-state index is 0. The molecule has 0 aliphatic rings. The van der Waals surface area contributed by atoms with E-state index in [0.29, 0.717) is 0 Å². The molecule has 0 unspecified atom stereocenters. The molecule has 0 radical (unpaired) electrons. The molecule has 0 spiro atoms. The van der Waals surface area contributed by atoms with Gasteiger partial charge in [-0.1, -0.05) is 136 Å². The van der Waals surface area contributed by atoms with Crippen LogP contribution in [0.3, 0.4) is 0 Å². The maximum atomic E-state index is 2.68. The maximum absolute atomic E-state index is 2.68. The Bertz CT molecular complexity index is 226. The normalized spacial score (nSPS) is 11.6. The van der Waals surface area contributed by atoms with E-state index in [1.54, 1.807) is 19.0 Å². The molecule has 0 aromatic carbocycles. The molecule has 0 atom stereocenters. The maximum Gasteiger partial charge on any atom is 1.00 e. The van der Waals surface area contributed by atoms with Gasteiger partial charge in [0, 0.05) is 0 Å². The van der Waals surface area contributed by atoms with E-state index in [4.69, 9.17) is 0 Å². The van der Waals surface area contributed by atoms with Crippen molar-refractivity contribution in [1.29, 1.82) is 0 Å². The summed E-state index contributed by atoms with van der Waals surface area (Å²) in [5.41, 5.74) is 0. The van der Waals surface area contributed by atoms with Gasteiger partial charge >= 0.3 is 17.1 Å². The van der Waals surface area contributed by atoms with Crippen molar-refractivity contribution >= 4 is 6.15 Å². The molecule has 0 fully saturated rings. The van der Waals surface area contributed by atoms with Gasteiger partial charge in [0.25, 0.3) is 0 Å². The molecule has 0 N–H and O–H groups in total. The number of hydrogen-bond donors (Lipinski definition) is 0. The zero-order chi connectivity index (χ0) is 19.3. The van der Waals surface area contributed by atoms with Gasteiger partial charge in [-0.3, -0.25) is 0 Å². The second-order valence-corrected chi connectivity index (χ2v) is 9.76. The summed E-state index contributed by atoms with van der Waals surface area (Å²) in [6, 6.07) is 0. The summed E-state index contributed by atoms with van der Waals surface area (Å²) in [6.07, 6.45) is 30.9. The number of rotatable bonds is 21. The Morgan fingerprint density at radius 3 is 0.852 bits per heavy atom. The van der Waals surface area contributed by atoms with E-state index in [1.165, 1.54) is 116 Å². The van der Waals surface area contributed by atoms with Crippen molar-refractivity contribution in [3.05, 3.63) is 0 Å². The van der Waals surface area contributed by atoms with Crippen LogP contribution in [0.15, 0.2) is 0 Å². The quantitative estimate of drug-likeness (QED) is 0.126. The molecule has 27 heavy (non-hydrogen) atoms. The third-order valence-electron chi connectivity index (χ3n) is 6.76. The zero-order valence-corrected chi connectivity index (χ0v) is 20.7. The van der Waals surface area contributed by atoms with Gasteiger partial charge in [0.05, 0.1) is 0 Å². The molecule has 0 aliphatic carbocycles. The molecular weight excluding hydrogens is 375 g/mol. The van der Waals surface area contributed by atoms with Crippen LogP contribution in [-0.2, 0) is 17.1 Å². The third-order valence-corrected chi connectivity index (χ3v) is 6.76. The van der Waals surface area contributed by atoms with Crippen molar-refractivity contribution in [2.45, 2.75) is 162 Å². The summed E-state index contributed by atoms with van der Waals surface area (Å²) in [4.78, 5) is 0. The average Bonchev–Trinajstić information content (AvgIpc) is 2.64. The first-order chi connectivity index (χ1) is 12.7. The minimum Gasteiger partial charge on any atom is -0.190 e. The van der Waals surface area contributed by atoms with Gasteiger partial charge in [-0.05, 0) is 6.15 Å². The first-order valence-electron chi connectivity index (χ1n) is 12.9. The van der Waals surface area contributed by atoms with Crippen LogP contribution in [0.2, 0.25) is 25.8 Å². The van der Waals surface area contributed by atoms with Gasteiger partial charge < -0.3 is 0 Å². The second-order valence-electron chi connectivity index (χ2n) is 9.76. The van der Waals surface area contributed by atoms with Crippen LogP contribution in [0.25, 0.3) is 0 Å². The molecule has 0 aromatic heterocycles. The fraction of sp³-hybridized carbons (Fsp3) is 1.00. The molecule has 0 aromatic rings. The fourth-order valence-corrected chi connectivity index (χ4v) is 4.69. The largest absolute Gasteiger partial charge is 1.00 e. The van der Waals surface area contributed by atoms with Crippen molar-refractivity contribution in [1.82, 2.24) is 0 Å². The Morgan fingerprint density at radius 1 is 0.370 bits per heavy atom. The topological polar surface area (TPSA) is 0 Å². The van der Waals surface area contributed by atoms with Crippen molar-refractivity contribution in [2.24, 2.45) is 0 Å².